The van der Waals surface area contributed by atoms with Crippen LogP contribution in [0.5, 0.6) is 11.5 Å². The maximum atomic E-state index is 12.0. The molecule has 2 N–H and O–H groups in total. The monoisotopic (exact) mass is 411 g/mol. The van der Waals surface area contributed by atoms with E-state index in [4.69, 9.17) is 4.74 Å². The first-order chi connectivity index (χ1) is 12.6. The third kappa shape index (κ3) is 4.90. The summed E-state index contributed by atoms with van der Waals surface area (Å²) in [5, 5.41) is 5.07. The van der Waals surface area contributed by atoms with Gasteiger partial charge in [-0.2, -0.15) is 0 Å². The van der Waals surface area contributed by atoms with Crippen LogP contribution in [0.4, 0.5) is 11.4 Å². The minimum absolute atomic E-state index is 0.489. The molecule has 1 aromatic heterocycles. The van der Waals surface area contributed by atoms with Gasteiger partial charge in [0.2, 0.25) is 0 Å². The molecule has 0 aliphatic rings. The molecule has 0 saturated heterocycles. The predicted molar refractivity (Wildman–Crippen MR) is 102 cm³/mol. The predicted octanol–water partition coefficient (Wildman–Crippen LogP) is 4.21. The Labute approximate surface area is 158 Å². The average Bonchev–Trinajstić information content (AvgIpc) is 2.66. The fourth-order valence-electron chi connectivity index (χ4n) is 2.06. The smallest absolute Gasteiger partial charge is 0.314 e. The summed E-state index contributed by atoms with van der Waals surface area (Å²) in [4.78, 5) is 27.9. The number of ether oxygens (including phenoxy) is 1. The minimum Gasteiger partial charge on any atom is -0.457 e. The Morgan fingerprint density at radius 2 is 1.19 bits per heavy atom. The van der Waals surface area contributed by atoms with Gasteiger partial charge in [0.05, 0.1) is 0 Å². The van der Waals surface area contributed by atoms with Crippen molar-refractivity contribution < 1.29 is 14.3 Å². The van der Waals surface area contributed by atoms with Crippen LogP contribution in [0.2, 0.25) is 0 Å². The van der Waals surface area contributed by atoms with Crippen LogP contribution < -0.4 is 15.4 Å². The number of carbonyl (C=O) groups excluding carboxylic acids is 2. The molecule has 0 aliphatic carbocycles. The first-order valence-electron chi connectivity index (χ1n) is 7.66. The fourth-order valence-corrected chi connectivity index (χ4v) is 2.32. The van der Waals surface area contributed by atoms with E-state index in [1.807, 2.05) is 0 Å². The zero-order valence-corrected chi connectivity index (χ0v) is 15.1. The zero-order valence-electron chi connectivity index (χ0n) is 13.5. The van der Waals surface area contributed by atoms with Crippen molar-refractivity contribution in [3.8, 4) is 11.5 Å². The SMILES string of the molecule is O=C(Nc1ccc(Br)cc1)C(=O)Nc1ccc(Oc2ccncc2)cc1. The van der Waals surface area contributed by atoms with Gasteiger partial charge in [0.15, 0.2) is 0 Å². The molecule has 0 spiro atoms. The molecule has 0 atom stereocenters. The van der Waals surface area contributed by atoms with Gasteiger partial charge in [0.1, 0.15) is 11.5 Å². The third-order valence-electron chi connectivity index (χ3n) is 3.31. The van der Waals surface area contributed by atoms with Crippen LogP contribution in [0.25, 0.3) is 0 Å². The largest absolute Gasteiger partial charge is 0.457 e. The van der Waals surface area contributed by atoms with E-state index in [1.165, 1.54) is 0 Å². The Kier molecular flexibility index (Phi) is 5.60. The first-order valence-corrected chi connectivity index (χ1v) is 8.45. The van der Waals surface area contributed by atoms with Crippen LogP contribution in [0, 0.1) is 0 Å². The van der Waals surface area contributed by atoms with Gasteiger partial charge in [0.25, 0.3) is 0 Å². The van der Waals surface area contributed by atoms with Crippen molar-refractivity contribution in [3.63, 3.8) is 0 Å². The van der Waals surface area contributed by atoms with Crippen molar-refractivity contribution >= 4 is 39.1 Å². The third-order valence-corrected chi connectivity index (χ3v) is 3.83. The van der Waals surface area contributed by atoms with Crippen molar-refractivity contribution in [2.45, 2.75) is 0 Å². The quantitative estimate of drug-likeness (QED) is 0.629. The van der Waals surface area contributed by atoms with Crippen LogP contribution in [0.15, 0.2) is 77.5 Å². The topological polar surface area (TPSA) is 80.3 Å². The molecule has 0 bridgehead atoms. The highest BCUT2D eigenvalue weighted by Crippen LogP contribution is 2.22. The highest BCUT2D eigenvalue weighted by molar-refractivity contribution is 9.10. The molecule has 2 aromatic carbocycles. The number of nitrogens with zero attached hydrogens (tertiary/aromatic N) is 1. The van der Waals surface area contributed by atoms with Gasteiger partial charge in [-0.1, -0.05) is 15.9 Å². The van der Waals surface area contributed by atoms with Crippen molar-refractivity contribution in [1.82, 2.24) is 4.98 Å². The van der Waals surface area contributed by atoms with Crippen LogP contribution in [0.1, 0.15) is 0 Å². The van der Waals surface area contributed by atoms with Crippen molar-refractivity contribution in [2.75, 3.05) is 10.6 Å². The Morgan fingerprint density at radius 3 is 1.73 bits per heavy atom. The molecule has 130 valence electrons. The average molecular weight is 412 g/mol. The van der Waals surface area contributed by atoms with Gasteiger partial charge in [-0.25, -0.2) is 0 Å². The Morgan fingerprint density at radius 1 is 0.731 bits per heavy atom. The summed E-state index contributed by atoms with van der Waals surface area (Å²) in [7, 11) is 0. The highest BCUT2D eigenvalue weighted by atomic mass is 79.9. The Hall–Kier alpha value is -3.19. The number of pyridine rings is 1. The lowest BCUT2D eigenvalue weighted by atomic mass is 10.3. The molecule has 6 nitrogen and oxygen atoms in total. The lowest BCUT2D eigenvalue weighted by Crippen LogP contribution is -2.29. The Balaban J connectivity index is 1.57. The summed E-state index contributed by atoms with van der Waals surface area (Å²) in [6.45, 7) is 0. The lowest BCUT2D eigenvalue weighted by molar-refractivity contribution is -0.132. The number of hydrogen-bond donors (Lipinski definition) is 2. The first kappa shape index (κ1) is 17.6. The number of aromatic nitrogens is 1. The Bertz CT molecular complexity index is 898. The van der Waals surface area contributed by atoms with E-state index >= 15 is 0 Å². The summed E-state index contributed by atoms with van der Waals surface area (Å²) in [6.07, 6.45) is 3.27. The molecular weight excluding hydrogens is 398 g/mol. The van der Waals surface area contributed by atoms with Crippen molar-refractivity contribution in [3.05, 3.63) is 77.5 Å². The van der Waals surface area contributed by atoms with E-state index in [0.29, 0.717) is 22.9 Å². The normalized spacial score (nSPS) is 10.0. The molecule has 2 amide bonds. The van der Waals surface area contributed by atoms with Crippen molar-refractivity contribution in [2.24, 2.45) is 0 Å². The zero-order chi connectivity index (χ0) is 18.4. The maximum Gasteiger partial charge on any atom is 0.314 e. The maximum absolute atomic E-state index is 12.0. The van der Waals surface area contributed by atoms with E-state index in [-0.39, 0.29) is 0 Å². The van der Waals surface area contributed by atoms with Gasteiger partial charge >= 0.3 is 11.8 Å². The van der Waals surface area contributed by atoms with Crippen LogP contribution >= 0.6 is 15.9 Å². The summed E-state index contributed by atoms with van der Waals surface area (Å²) < 4.78 is 6.52. The summed E-state index contributed by atoms with van der Waals surface area (Å²) in [5.74, 6) is -0.237. The molecule has 3 aromatic rings. The summed E-state index contributed by atoms with van der Waals surface area (Å²) in [6, 6.07) is 17.1. The van der Waals surface area contributed by atoms with E-state index < -0.39 is 11.8 Å². The number of anilines is 2. The van der Waals surface area contributed by atoms with Crippen LogP contribution in [-0.4, -0.2) is 16.8 Å². The molecular formula is C19H14BrN3O3. The second-order valence-corrected chi connectivity index (χ2v) is 6.14. The second-order valence-electron chi connectivity index (χ2n) is 5.22. The van der Waals surface area contributed by atoms with Gasteiger partial charge in [-0.05, 0) is 60.7 Å². The number of benzene rings is 2. The summed E-state index contributed by atoms with van der Waals surface area (Å²) in [5.41, 5.74) is 1.03. The number of amides is 2. The molecule has 7 heteroatoms. The minimum atomic E-state index is -0.754. The van der Waals surface area contributed by atoms with E-state index in [2.05, 4.69) is 31.5 Å². The molecule has 3 rings (SSSR count). The van der Waals surface area contributed by atoms with E-state index in [1.54, 1.807) is 73.1 Å². The highest BCUT2D eigenvalue weighted by Gasteiger charge is 2.14. The molecule has 0 aliphatic heterocycles. The number of rotatable bonds is 4. The number of carbonyl (C=O) groups is 2. The van der Waals surface area contributed by atoms with Crippen LogP contribution in [-0.2, 0) is 9.59 Å². The lowest BCUT2D eigenvalue weighted by Gasteiger charge is -2.08. The van der Waals surface area contributed by atoms with Crippen molar-refractivity contribution in [1.29, 1.82) is 0 Å². The van der Waals surface area contributed by atoms with E-state index in [9.17, 15) is 9.59 Å². The van der Waals surface area contributed by atoms with Gasteiger partial charge in [-0.15, -0.1) is 0 Å². The number of hydrogen-bond acceptors (Lipinski definition) is 4. The van der Waals surface area contributed by atoms with Gasteiger partial charge < -0.3 is 15.4 Å². The number of nitrogens with one attached hydrogen (secondary N) is 2. The summed E-state index contributed by atoms with van der Waals surface area (Å²) >= 11 is 3.31. The standard InChI is InChI=1S/C19H14BrN3O3/c20-13-1-3-14(4-2-13)22-18(24)19(25)23-15-5-7-16(8-6-15)26-17-9-11-21-12-10-17/h1-12H,(H,22,24)(H,23,25). The second kappa shape index (κ2) is 8.26. The van der Waals surface area contributed by atoms with Gasteiger partial charge in [0, 0.05) is 28.2 Å². The van der Waals surface area contributed by atoms with Crippen LogP contribution in [0.3, 0.4) is 0 Å². The molecule has 0 unspecified atom stereocenters. The fraction of sp³-hybridized carbons (Fsp3) is 0. The molecule has 1 heterocycles. The molecule has 0 saturated carbocycles. The molecule has 0 fully saturated rings. The van der Waals surface area contributed by atoms with E-state index in [0.717, 1.165) is 4.47 Å². The molecule has 26 heavy (non-hydrogen) atoms. The molecule has 0 radical (unpaired) electrons. The number of halogens is 1. The van der Waals surface area contributed by atoms with Gasteiger partial charge in [-0.3, -0.25) is 14.6 Å².